The normalized spacial score (nSPS) is 13.4. The molecule has 1 aromatic rings. The first-order valence-corrected chi connectivity index (χ1v) is 5.11. The summed E-state index contributed by atoms with van der Waals surface area (Å²) in [7, 11) is 4.21. The average molecular weight is 275 g/mol. The Bertz CT molecular complexity index is 258. The van der Waals surface area contributed by atoms with Crippen molar-refractivity contribution in [2.45, 2.75) is 13.0 Å². The van der Waals surface area contributed by atoms with Crippen molar-refractivity contribution in [3.63, 3.8) is 0 Å². The van der Waals surface area contributed by atoms with Crippen LogP contribution in [-0.2, 0) is 0 Å². The maximum atomic E-state index is 2.38. The SMILES string of the molecule is CC(c1ccccc1I)N(C)C. The van der Waals surface area contributed by atoms with Crippen LogP contribution in [-0.4, -0.2) is 19.0 Å². The molecule has 0 heterocycles. The Kier molecular flexibility index (Phi) is 3.53. The van der Waals surface area contributed by atoms with Crippen molar-refractivity contribution in [3.05, 3.63) is 33.4 Å². The number of hydrogen-bond acceptors (Lipinski definition) is 1. The summed E-state index contributed by atoms with van der Waals surface area (Å²) >= 11 is 2.38. The van der Waals surface area contributed by atoms with Crippen molar-refractivity contribution in [3.8, 4) is 0 Å². The molecule has 0 fully saturated rings. The Morgan fingerprint density at radius 3 is 2.33 bits per heavy atom. The first kappa shape index (κ1) is 9.99. The van der Waals surface area contributed by atoms with Crippen molar-refractivity contribution in [1.82, 2.24) is 4.90 Å². The molecule has 0 aliphatic carbocycles. The van der Waals surface area contributed by atoms with Crippen molar-refractivity contribution >= 4 is 22.6 Å². The summed E-state index contributed by atoms with van der Waals surface area (Å²) in [5.41, 5.74) is 1.41. The maximum Gasteiger partial charge on any atom is 0.0324 e. The van der Waals surface area contributed by atoms with Crippen LogP contribution in [0.4, 0.5) is 0 Å². The minimum absolute atomic E-state index is 0.498. The fraction of sp³-hybridized carbons (Fsp3) is 0.400. The highest BCUT2D eigenvalue weighted by atomic mass is 127. The van der Waals surface area contributed by atoms with E-state index in [1.165, 1.54) is 9.13 Å². The first-order chi connectivity index (χ1) is 5.63. The van der Waals surface area contributed by atoms with E-state index < -0.39 is 0 Å². The van der Waals surface area contributed by atoms with E-state index in [1.807, 2.05) is 0 Å². The van der Waals surface area contributed by atoms with Gasteiger partial charge >= 0.3 is 0 Å². The van der Waals surface area contributed by atoms with E-state index in [0.717, 1.165) is 0 Å². The number of nitrogens with zero attached hydrogens (tertiary/aromatic N) is 1. The van der Waals surface area contributed by atoms with E-state index in [9.17, 15) is 0 Å². The molecule has 0 aromatic heterocycles. The van der Waals surface area contributed by atoms with Gasteiger partial charge < -0.3 is 4.90 Å². The van der Waals surface area contributed by atoms with E-state index in [4.69, 9.17) is 0 Å². The van der Waals surface area contributed by atoms with Gasteiger partial charge in [0.15, 0.2) is 0 Å². The largest absolute Gasteiger partial charge is 0.303 e. The molecule has 12 heavy (non-hydrogen) atoms. The zero-order chi connectivity index (χ0) is 9.14. The van der Waals surface area contributed by atoms with Gasteiger partial charge in [0.25, 0.3) is 0 Å². The Hall–Kier alpha value is -0.0900. The zero-order valence-electron chi connectivity index (χ0n) is 7.71. The van der Waals surface area contributed by atoms with E-state index >= 15 is 0 Å². The molecule has 1 aromatic carbocycles. The summed E-state index contributed by atoms with van der Waals surface area (Å²) in [5, 5.41) is 0. The molecule has 0 bridgehead atoms. The Morgan fingerprint density at radius 2 is 1.83 bits per heavy atom. The predicted molar refractivity (Wildman–Crippen MR) is 61.3 cm³/mol. The molecule has 1 nitrogen and oxygen atoms in total. The molecular formula is C10H14IN. The molecule has 66 valence electrons. The molecular weight excluding hydrogens is 261 g/mol. The summed E-state index contributed by atoms with van der Waals surface area (Å²) in [4.78, 5) is 2.22. The third kappa shape index (κ3) is 2.20. The lowest BCUT2D eigenvalue weighted by Gasteiger charge is -2.21. The van der Waals surface area contributed by atoms with Gasteiger partial charge in [-0.3, -0.25) is 0 Å². The molecule has 1 rings (SSSR count). The third-order valence-electron chi connectivity index (χ3n) is 2.13. The van der Waals surface area contributed by atoms with Crippen LogP contribution in [0.3, 0.4) is 0 Å². The fourth-order valence-corrected chi connectivity index (χ4v) is 1.93. The second kappa shape index (κ2) is 4.23. The Balaban J connectivity index is 2.94. The molecule has 0 N–H and O–H groups in total. The molecule has 1 atom stereocenters. The lowest BCUT2D eigenvalue weighted by molar-refractivity contribution is 0.320. The second-order valence-electron chi connectivity index (χ2n) is 3.16. The second-order valence-corrected chi connectivity index (χ2v) is 4.32. The minimum atomic E-state index is 0.498. The maximum absolute atomic E-state index is 2.38. The third-order valence-corrected chi connectivity index (χ3v) is 3.11. The first-order valence-electron chi connectivity index (χ1n) is 4.03. The van der Waals surface area contributed by atoms with Gasteiger partial charge in [-0.25, -0.2) is 0 Å². The quantitative estimate of drug-likeness (QED) is 0.750. The van der Waals surface area contributed by atoms with E-state index in [-0.39, 0.29) is 0 Å². The Morgan fingerprint density at radius 1 is 1.25 bits per heavy atom. The van der Waals surface area contributed by atoms with E-state index in [2.05, 4.69) is 72.8 Å². The van der Waals surface area contributed by atoms with Gasteiger partial charge in [-0.2, -0.15) is 0 Å². The van der Waals surface area contributed by atoms with Crippen LogP contribution < -0.4 is 0 Å². The smallest absolute Gasteiger partial charge is 0.0324 e. The van der Waals surface area contributed by atoms with Gasteiger partial charge in [-0.1, -0.05) is 18.2 Å². The fourth-order valence-electron chi connectivity index (χ4n) is 1.09. The van der Waals surface area contributed by atoms with Gasteiger partial charge in [0.1, 0.15) is 0 Å². The number of benzene rings is 1. The molecule has 0 radical (unpaired) electrons. The summed E-state index contributed by atoms with van der Waals surface area (Å²) in [6.07, 6.45) is 0. The summed E-state index contributed by atoms with van der Waals surface area (Å²) in [6, 6.07) is 9.01. The van der Waals surface area contributed by atoms with Gasteiger partial charge in [-0.15, -0.1) is 0 Å². The van der Waals surface area contributed by atoms with E-state index in [0.29, 0.717) is 6.04 Å². The van der Waals surface area contributed by atoms with Gasteiger partial charge in [0.05, 0.1) is 0 Å². The summed E-state index contributed by atoms with van der Waals surface area (Å²) < 4.78 is 1.34. The topological polar surface area (TPSA) is 3.24 Å². The molecule has 0 saturated carbocycles. The van der Waals surface area contributed by atoms with Crippen molar-refractivity contribution in [2.24, 2.45) is 0 Å². The molecule has 2 heteroatoms. The number of rotatable bonds is 2. The summed E-state index contributed by atoms with van der Waals surface area (Å²) in [6.45, 7) is 2.22. The van der Waals surface area contributed by atoms with Crippen molar-refractivity contribution < 1.29 is 0 Å². The van der Waals surface area contributed by atoms with Gasteiger partial charge in [0.2, 0.25) is 0 Å². The highest BCUT2D eigenvalue weighted by Crippen LogP contribution is 2.22. The van der Waals surface area contributed by atoms with Gasteiger partial charge in [-0.05, 0) is 55.2 Å². The van der Waals surface area contributed by atoms with Crippen molar-refractivity contribution in [1.29, 1.82) is 0 Å². The van der Waals surface area contributed by atoms with Crippen molar-refractivity contribution in [2.75, 3.05) is 14.1 Å². The van der Waals surface area contributed by atoms with Crippen LogP contribution in [0.2, 0.25) is 0 Å². The van der Waals surface area contributed by atoms with E-state index in [1.54, 1.807) is 0 Å². The zero-order valence-corrected chi connectivity index (χ0v) is 9.87. The highest BCUT2D eigenvalue weighted by molar-refractivity contribution is 14.1. The monoisotopic (exact) mass is 275 g/mol. The van der Waals surface area contributed by atoms with Crippen LogP contribution in [0.5, 0.6) is 0 Å². The summed E-state index contributed by atoms with van der Waals surface area (Å²) in [5.74, 6) is 0. The molecule has 0 spiro atoms. The van der Waals surface area contributed by atoms with Crippen LogP contribution in [0.25, 0.3) is 0 Å². The number of hydrogen-bond donors (Lipinski definition) is 0. The van der Waals surface area contributed by atoms with Crippen LogP contribution >= 0.6 is 22.6 Å². The van der Waals surface area contributed by atoms with Crippen LogP contribution in [0.15, 0.2) is 24.3 Å². The molecule has 1 unspecified atom stereocenters. The molecule has 0 amide bonds. The van der Waals surface area contributed by atoms with Crippen LogP contribution in [0, 0.1) is 3.57 Å². The predicted octanol–water partition coefficient (Wildman–Crippen LogP) is 2.91. The lowest BCUT2D eigenvalue weighted by atomic mass is 10.1. The molecule has 0 saturated heterocycles. The number of halogens is 1. The molecule has 0 aliphatic heterocycles. The van der Waals surface area contributed by atoms with Crippen LogP contribution in [0.1, 0.15) is 18.5 Å². The van der Waals surface area contributed by atoms with Gasteiger partial charge in [0, 0.05) is 9.61 Å². The standard InChI is InChI=1S/C10H14IN/c1-8(12(2)3)9-6-4-5-7-10(9)11/h4-8H,1-3H3. The molecule has 0 aliphatic rings. The highest BCUT2D eigenvalue weighted by Gasteiger charge is 2.09. The lowest BCUT2D eigenvalue weighted by Crippen LogP contribution is -2.17. The Labute approximate surface area is 87.9 Å². The average Bonchev–Trinajstić information content (AvgIpc) is 2.04. The minimum Gasteiger partial charge on any atom is -0.303 e.